The maximum Gasteiger partial charge on any atom is 0.419 e. The van der Waals surface area contributed by atoms with Crippen molar-refractivity contribution in [1.82, 2.24) is 4.31 Å². The Morgan fingerprint density at radius 1 is 1.16 bits per heavy atom. The highest BCUT2D eigenvalue weighted by Crippen LogP contribution is 2.34. The molecule has 32 heavy (non-hydrogen) atoms. The largest absolute Gasteiger partial charge is 0.481 e. The molecule has 1 saturated heterocycles. The van der Waals surface area contributed by atoms with Crippen molar-refractivity contribution in [1.29, 1.82) is 0 Å². The van der Waals surface area contributed by atoms with Gasteiger partial charge in [-0.1, -0.05) is 6.07 Å². The number of anilines is 1. The van der Waals surface area contributed by atoms with Gasteiger partial charge in [-0.25, -0.2) is 12.8 Å². The molecule has 1 aliphatic rings. The summed E-state index contributed by atoms with van der Waals surface area (Å²) in [4.78, 5) is 12.7. The zero-order chi connectivity index (χ0) is 23.8. The van der Waals surface area contributed by atoms with Crippen LogP contribution < -0.4 is 4.90 Å². The van der Waals surface area contributed by atoms with E-state index in [-0.39, 0.29) is 36.6 Å². The summed E-state index contributed by atoms with van der Waals surface area (Å²) >= 11 is 0. The van der Waals surface area contributed by atoms with E-state index < -0.39 is 39.6 Å². The standard InChI is InChI=1S/C21H22F4N2O4S/c1-13-3-5-17(9-15(13)10-20(28)29)32(30,31)27-8-7-26(12-14(27)2)16-4-6-18(19(22)11-16)21(23,24)25/h3-6,9,11,14H,7-8,10,12H2,1-2H3,(H,28,29)/t14-/m0/s1. The number of benzene rings is 2. The molecule has 0 saturated carbocycles. The Balaban J connectivity index is 1.81. The smallest absolute Gasteiger partial charge is 0.419 e. The van der Waals surface area contributed by atoms with Gasteiger partial charge in [0, 0.05) is 31.4 Å². The first-order valence-corrected chi connectivity index (χ1v) is 11.2. The highest BCUT2D eigenvalue weighted by molar-refractivity contribution is 7.89. The SMILES string of the molecule is Cc1ccc(S(=O)(=O)N2CCN(c3ccc(C(F)(F)F)c(F)c3)C[C@@H]2C)cc1CC(=O)O. The van der Waals surface area contributed by atoms with Crippen LogP contribution in [0.1, 0.15) is 23.6 Å². The van der Waals surface area contributed by atoms with Crippen LogP contribution in [0.2, 0.25) is 0 Å². The lowest BCUT2D eigenvalue weighted by Gasteiger charge is -2.40. The lowest BCUT2D eigenvalue weighted by Crippen LogP contribution is -2.54. The summed E-state index contributed by atoms with van der Waals surface area (Å²) in [5.74, 6) is -2.46. The van der Waals surface area contributed by atoms with Gasteiger partial charge in [0.25, 0.3) is 0 Å². The average Bonchev–Trinajstić information content (AvgIpc) is 2.67. The maximum absolute atomic E-state index is 14.0. The third-order valence-corrected chi connectivity index (χ3v) is 7.47. The van der Waals surface area contributed by atoms with Gasteiger partial charge >= 0.3 is 12.1 Å². The van der Waals surface area contributed by atoms with Crippen molar-refractivity contribution in [3.8, 4) is 0 Å². The molecule has 0 amide bonds. The Labute approximate surface area is 183 Å². The van der Waals surface area contributed by atoms with Crippen molar-refractivity contribution in [3.05, 3.63) is 58.9 Å². The third kappa shape index (κ3) is 4.88. The van der Waals surface area contributed by atoms with E-state index in [2.05, 4.69) is 0 Å². The summed E-state index contributed by atoms with van der Waals surface area (Å²) in [5.41, 5.74) is -0.0656. The Morgan fingerprint density at radius 2 is 1.84 bits per heavy atom. The second-order valence-corrected chi connectivity index (χ2v) is 9.62. The maximum atomic E-state index is 14.0. The summed E-state index contributed by atoms with van der Waals surface area (Å²) in [6.07, 6.45) is -5.10. The van der Waals surface area contributed by atoms with Gasteiger partial charge in [0.05, 0.1) is 16.9 Å². The summed E-state index contributed by atoms with van der Waals surface area (Å²) in [5, 5.41) is 9.04. The van der Waals surface area contributed by atoms with Crippen molar-refractivity contribution in [2.75, 3.05) is 24.5 Å². The molecule has 1 N–H and O–H groups in total. The lowest BCUT2D eigenvalue weighted by molar-refractivity contribution is -0.140. The van der Waals surface area contributed by atoms with Crippen molar-refractivity contribution >= 4 is 21.7 Å². The van der Waals surface area contributed by atoms with Gasteiger partial charge in [-0.15, -0.1) is 0 Å². The first kappa shape index (κ1) is 24.0. The molecule has 0 unspecified atom stereocenters. The molecule has 0 aliphatic carbocycles. The van der Waals surface area contributed by atoms with Crippen LogP contribution in [0.25, 0.3) is 0 Å². The molecule has 11 heteroatoms. The molecule has 0 radical (unpaired) electrons. The summed E-state index contributed by atoms with van der Waals surface area (Å²) in [6.45, 7) is 3.68. The molecule has 2 aromatic rings. The Bertz CT molecular complexity index is 1140. The van der Waals surface area contributed by atoms with E-state index in [4.69, 9.17) is 5.11 Å². The first-order chi connectivity index (χ1) is 14.8. The number of aryl methyl sites for hydroxylation is 1. The summed E-state index contributed by atoms with van der Waals surface area (Å²) in [7, 11) is -3.94. The fourth-order valence-corrected chi connectivity index (χ4v) is 5.42. The third-order valence-electron chi connectivity index (χ3n) is 5.46. The zero-order valence-corrected chi connectivity index (χ0v) is 18.2. The predicted octanol–water partition coefficient (Wildman–Crippen LogP) is 3.68. The normalized spacial score (nSPS) is 18.1. The van der Waals surface area contributed by atoms with E-state index in [0.717, 1.165) is 6.07 Å². The number of hydrogen-bond donors (Lipinski definition) is 1. The molecule has 0 aromatic heterocycles. The van der Waals surface area contributed by atoms with Gasteiger partial charge in [0.1, 0.15) is 5.82 Å². The molecule has 174 valence electrons. The van der Waals surface area contributed by atoms with E-state index >= 15 is 0 Å². The zero-order valence-electron chi connectivity index (χ0n) is 17.4. The topological polar surface area (TPSA) is 77.9 Å². The quantitative estimate of drug-likeness (QED) is 0.669. The number of aliphatic carboxylic acids is 1. The fourth-order valence-electron chi connectivity index (χ4n) is 3.76. The van der Waals surface area contributed by atoms with E-state index in [9.17, 15) is 30.8 Å². The van der Waals surface area contributed by atoms with Gasteiger partial charge in [0.2, 0.25) is 10.0 Å². The Hall–Kier alpha value is -2.66. The first-order valence-electron chi connectivity index (χ1n) is 9.75. The monoisotopic (exact) mass is 474 g/mol. The molecule has 3 rings (SSSR count). The van der Waals surface area contributed by atoms with Crippen LogP contribution in [0, 0.1) is 12.7 Å². The Kier molecular flexibility index (Phi) is 6.52. The number of carbonyl (C=O) groups is 1. The Morgan fingerprint density at radius 3 is 2.41 bits per heavy atom. The number of sulfonamides is 1. The van der Waals surface area contributed by atoms with Crippen LogP contribution in [0.4, 0.5) is 23.2 Å². The van der Waals surface area contributed by atoms with Crippen LogP contribution in [0.3, 0.4) is 0 Å². The van der Waals surface area contributed by atoms with Crippen LogP contribution in [-0.4, -0.2) is 49.5 Å². The average molecular weight is 474 g/mol. The number of rotatable bonds is 5. The number of alkyl halides is 3. The van der Waals surface area contributed by atoms with Crippen molar-refractivity contribution in [3.63, 3.8) is 0 Å². The molecular formula is C21H22F4N2O4S. The van der Waals surface area contributed by atoms with Crippen LogP contribution in [0.5, 0.6) is 0 Å². The second-order valence-electron chi connectivity index (χ2n) is 7.73. The van der Waals surface area contributed by atoms with Gasteiger partial charge in [-0.2, -0.15) is 17.5 Å². The van der Waals surface area contributed by atoms with E-state index in [1.54, 1.807) is 24.8 Å². The van der Waals surface area contributed by atoms with Gasteiger partial charge in [-0.05, 0) is 55.3 Å². The minimum atomic E-state index is -4.80. The number of piperazine rings is 1. The molecule has 1 atom stereocenters. The lowest BCUT2D eigenvalue weighted by atomic mass is 10.1. The number of hydrogen-bond acceptors (Lipinski definition) is 4. The van der Waals surface area contributed by atoms with Gasteiger partial charge in [-0.3, -0.25) is 4.79 Å². The van der Waals surface area contributed by atoms with Crippen molar-refractivity contribution < 1.29 is 35.9 Å². The van der Waals surface area contributed by atoms with Gasteiger partial charge in [0.15, 0.2) is 0 Å². The second kappa shape index (κ2) is 8.70. The van der Waals surface area contributed by atoms with Crippen LogP contribution >= 0.6 is 0 Å². The van der Waals surface area contributed by atoms with Crippen molar-refractivity contribution in [2.45, 2.75) is 37.4 Å². The molecule has 2 aromatic carbocycles. The van der Waals surface area contributed by atoms with Crippen LogP contribution in [0.15, 0.2) is 41.3 Å². The van der Waals surface area contributed by atoms with Gasteiger partial charge < -0.3 is 10.0 Å². The molecular weight excluding hydrogens is 452 g/mol. The number of carboxylic acids is 1. The minimum absolute atomic E-state index is 0.0276. The van der Waals surface area contributed by atoms with E-state index in [0.29, 0.717) is 17.2 Å². The summed E-state index contributed by atoms with van der Waals surface area (Å²) in [6, 6.07) is 6.41. The highest BCUT2D eigenvalue weighted by Gasteiger charge is 2.36. The molecule has 1 aliphatic heterocycles. The van der Waals surface area contributed by atoms with Crippen molar-refractivity contribution in [2.24, 2.45) is 0 Å². The minimum Gasteiger partial charge on any atom is -0.481 e. The molecule has 6 nitrogen and oxygen atoms in total. The van der Waals surface area contributed by atoms with Crippen LogP contribution in [-0.2, 0) is 27.4 Å². The highest BCUT2D eigenvalue weighted by atomic mass is 32.2. The molecule has 1 heterocycles. The number of nitrogens with zero attached hydrogens (tertiary/aromatic N) is 2. The molecule has 0 spiro atoms. The van der Waals surface area contributed by atoms with E-state index in [1.807, 2.05) is 0 Å². The number of halogens is 4. The summed E-state index contributed by atoms with van der Waals surface area (Å²) < 4.78 is 79.9. The predicted molar refractivity (Wildman–Crippen MR) is 109 cm³/mol. The number of carboxylic acid groups (broad SMARTS) is 1. The molecule has 1 fully saturated rings. The van der Waals surface area contributed by atoms with E-state index in [1.165, 1.54) is 22.5 Å². The fraction of sp³-hybridized carbons (Fsp3) is 0.381. The molecule has 0 bridgehead atoms.